The van der Waals surface area contributed by atoms with Gasteiger partial charge in [0.25, 0.3) is 0 Å². The summed E-state index contributed by atoms with van der Waals surface area (Å²) in [6.07, 6.45) is -3.96. The Hall–Kier alpha value is -5.94. The molecule has 0 aliphatic carbocycles. The molecule has 1 aromatic carbocycles. The van der Waals surface area contributed by atoms with Gasteiger partial charge in [0, 0.05) is 68.3 Å². The number of benzene rings is 1. The molecule has 0 saturated carbocycles. The number of phosphoric acid groups is 1. The van der Waals surface area contributed by atoms with Gasteiger partial charge in [0.15, 0.2) is 6.23 Å². The largest absolute Gasteiger partial charge is 0.685 e. The number of aromatic nitrogens is 2. The molecule has 27 nitrogen and oxygen atoms in total. The van der Waals surface area contributed by atoms with Gasteiger partial charge in [-0.3, -0.25) is 42.6 Å². The fraction of sp³-hybridized carbons (Fsp3) is 0.677. The van der Waals surface area contributed by atoms with Crippen LogP contribution in [0.1, 0.15) is 150 Å². The minimum absolute atomic E-state index is 0. The second kappa shape index (κ2) is 27.2. The molecule has 6 aliphatic heterocycles. The molecule has 29 heteroatoms. The van der Waals surface area contributed by atoms with Gasteiger partial charge in [-0.2, -0.15) is 17.1 Å². The number of amides is 7. The number of primary amides is 6. The molecule has 91 heavy (non-hydrogen) atoms. The van der Waals surface area contributed by atoms with Gasteiger partial charge < -0.3 is 85.4 Å². The molecule has 7 heterocycles. The van der Waals surface area contributed by atoms with E-state index < -0.39 is 161 Å². The third-order valence-electron chi connectivity index (χ3n) is 21.2. The number of carbonyl (C=O) groups is 7. The van der Waals surface area contributed by atoms with Crippen molar-refractivity contribution < 1.29 is 83.8 Å². The molecule has 507 valence electrons. The van der Waals surface area contributed by atoms with Crippen LogP contribution in [-0.4, -0.2) is 133 Å². The summed E-state index contributed by atoms with van der Waals surface area (Å²) in [6, 6.07) is 0.417. The SMILES string of the molecule is C/C1=C2/[N-][C@H]([C@H](CC(N)=O)[C@@]2(C)CCC(=O)NC[C@@H](C)OP(=O)(O)O[C@H]2[C@@H](O)[C@@H](n3cnc4cc(C)c(C)cc43)O[C@@H]2CO)[C@]2(C)[N-]C(/C(C)=C3\[N-][C@H](/C=C4\[N-]C1[C@@H](CCC(N)=O)C4(C)C)[C@@H](CCC(N)=O)[C@]3(C)CC(N)=O)[C@@H](CCC(N)=O)[C@]2(C)CC(N)=O.[Co]. The van der Waals surface area contributed by atoms with Gasteiger partial charge in [0.1, 0.15) is 18.3 Å². The van der Waals surface area contributed by atoms with Crippen LogP contribution in [0.4, 0.5) is 0 Å². The number of ether oxygens (including phenoxy) is 1. The van der Waals surface area contributed by atoms with Gasteiger partial charge >= 0.3 is 7.82 Å². The first-order valence-corrected chi connectivity index (χ1v) is 32.4. The standard InChI is InChI=1S/C62H92N13O14P.Co/c1-29-20-39-40(21-30(29)2)75(28-70-39)57-52(84)53(41(27-76)87-57)89-90(85,86)88-31(3)26-69-49(83)18-19-59(8)37(22-46(66)80)56-62(11)61(10,25-48(68)82)36(14-17-45(65)79)51(74-62)33(5)55-60(9,24-47(67)81)34(12-15-43(63)77)38(71-55)23-42-58(6,7)35(13-16-44(64)78)50(72-42)32(4)54(59)73-56;/h20-21,23,28,31,34-38,41,50-53,56-57,76,84H,12-19,22,24-27H2,1-11H3,(H2,63,77)(H2,64,78)(H2,65,79)(H2,66,80)(H2,67,81)(H2,68,82)(H,69,83)(H,85,86);/q-4;/b42-23-,54-32-,55-33-;/t31-,34-,35-,36-,37+,38-,41-,50?,51?,52-,53-,56-,57+,59-,60+,61+,62+;/m1./s1. The molecule has 5 saturated heterocycles. The van der Waals surface area contributed by atoms with Crippen LogP contribution in [0.25, 0.3) is 32.3 Å². The molecule has 16 N–H and O–H groups in total. The second-order valence-corrected chi connectivity index (χ2v) is 28.9. The third kappa shape index (κ3) is 14.0. The Morgan fingerprint density at radius 1 is 0.747 bits per heavy atom. The zero-order valence-corrected chi connectivity index (χ0v) is 55.7. The smallest absolute Gasteiger partial charge is 0.472 e. The summed E-state index contributed by atoms with van der Waals surface area (Å²) in [5.74, 6) is -6.86. The Morgan fingerprint density at radius 2 is 1.32 bits per heavy atom. The first-order chi connectivity index (χ1) is 41.8. The van der Waals surface area contributed by atoms with Crippen LogP contribution in [0.5, 0.6) is 0 Å². The minimum Gasteiger partial charge on any atom is -0.685 e. The van der Waals surface area contributed by atoms with E-state index in [2.05, 4.69) is 10.3 Å². The first-order valence-electron chi connectivity index (χ1n) is 30.9. The maximum absolute atomic E-state index is 14.4. The number of aliphatic hydroxyl groups excluding tert-OH is 2. The summed E-state index contributed by atoms with van der Waals surface area (Å²) in [4.78, 5) is 109. The number of carbonyl (C=O) groups excluding carboxylic acids is 7. The van der Waals surface area contributed by atoms with E-state index in [1.807, 2.05) is 87.4 Å². The Labute approximate surface area is 541 Å². The maximum Gasteiger partial charge on any atom is 0.472 e. The predicted octanol–water partition coefficient (Wildman–Crippen LogP) is 4.85. The van der Waals surface area contributed by atoms with Crippen LogP contribution in [-0.2, 0) is 68.7 Å². The molecular formula is C62H92CoN13O14P-4. The molecule has 18 atom stereocenters. The van der Waals surface area contributed by atoms with Crippen molar-refractivity contribution in [2.45, 2.75) is 207 Å². The third-order valence-corrected chi connectivity index (χ3v) is 22.3. The van der Waals surface area contributed by atoms with Gasteiger partial charge in [-0.15, -0.1) is 34.8 Å². The van der Waals surface area contributed by atoms with E-state index in [4.69, 9.17) is 69.5 Å². The molecule has 6 aliphatic rings. The molecule has 2 aromatic rings. The zero-order valence-electron chi connectivity index (χ0n) is 53.8. The summed E-state index contributed by atoms with van der Waals surface area (Å²) in [5, 5.41) is 46.9. The van der Waals surface area contributed by atoms with Crippen LogP contribution >= 0.6 is 7.82 Å². The van der Waals surface area contributed by atoms with Crippen LogP contribution in [0, 0.1) is 59.2 Å². The maximum atomic E-state index is 14.4. The molecule has 1 aromatic heterocycles. The molecule has 3 unspecified atom stereocenters. The van der Waals surface area contributed by atoms with E-state index in [-0.39, 0.29) is 94.0 Å². The van der Waals surface area contributed by atoms with Crippen LogP contribution in [0.15, 0.2) is 52.8 Å². The van der Waals surface area contributed by atoms with Crippen LogP contribution < -0.4 is 39.7 Å². The molecule has 8 bridgehead atoms. The second-order valence-electron chi connectivity index (χ2n) is 27.5. The number of rotatable bonds is 26. The summed E-state index contributed by atoms with van der Waals surface area (Å²) < 4.78 is 32.3. The van der Waals surface area contributed by atoms with Gasteiger partial charge in [-0.05, 0) is 129 Å². The summed E-state index contributed by atoms with van der Waals surface area (Å²) in [6.45, 7) is 19.5. The Bertz CT molecular complexity index is 3340. The van der Waals surface area contributed by atoms with Crippen molar-refractivity contribution >= 4 is 60.2 Å². The molecule has 1 radical (unpaired) electrons. The Kier molecular flexibility index (Phi) is 21.7. The normalized spacial score (nSPS) is 36.3. The number of allylic oxidation sites excluding steroid dienone is 3. The predicted molar refractivity (Wildman–Crippen MR) is 333 cm³/mol. The van der Waals surface area contributed by atoms with E-state index >= 15 is 0 Å². The number of nitrogens with zero attached hydrogens (tertiary/aromatic N) is 6. The number of aryl methyl sites for hydroxylation is 2. The van der Waals surface area contributed by atoms with Gasteiger partial charge in [0.2, 0.25) is 41.4 Å². The quantitative estimate of drug-likeness (QED) is 0.0563. The van der Waals surface area contributed by atoms with Crippen molar-refractivity contribution in [3.8, 4) is 0 Å². The van der Waals surface area contributed by atoms with Crippen LogP contribution in [0.2, 0.25) is 0 Å². The molecule has 8 rings (SSSR count). The number of fused-ring (bicyclic) bond motifs is 10. The number of phosphoric ester groups is 1. The van der Waals surface area contributed by atoms with Crippen molar-refractivity contribution in [3.05, 3.63) is 85.2 Å². The Balaban J connectivity index is 0.0000118. The monoisotopic (exact) mass is 1330 g/mol. The molecule has 7 amide bonds. The topological polar surface area (TPSA) is 467 Å². The summed E-state index contributed by atoms with van der Waals surface area (Å²) in [5.41, 5.74) is 36.2. The van der Waals surface area contributed by atoms with E-state index in [1.54, 1.807) is 4.57 Å². The number of nitrogens with two attached hydrogens (primary N) is 6. The number of nitrogens with one attached hydrogen (secondary N) is 1. The van der Waals surface area contributed by atoms with E-state index in [1.165, 1.54) is 13.3 Å². The molecule has 0 spiro atoms. The molecule has 5 fully saturated rings. The average Bonchev–Trinajstić information content (AvgIpc) is 1.53. The fourth-order valence-corrected chi connectivity index (χ4v) is 17.3. The Morgan fingerprint density at radius 3 is 1.90 bits per heavy atom. The van der Waals surface area contributed by atoms with Gasteiger partial charge in [0.05, 0.1) is 30.1 Å². The molecular weight excluding hydrogens is 1240 g/mol. The zero-order chi connectivity index (χ0) is 66.7. The number of imidazole rings is 1. The van der Waals surface area contributed by atoms with Gasteiger partial charge in [-0.25, -0.2) is 9.55 Å². The van der Waals surface area contributed by atoms with E-state index in [0.29, 0.717) is 39.3 Å². The number of hydrogen-bond donors (Lipinski definition) is 10. The number of aliphatic hydroxyl groups is 2. The van der Waals surface area contributed by atoms with Crippen molar-refractivity contribution in [1.82, 2.24) is 14.9 Å². The average molecular weight is 1330 g/mol. The minimum atomic E-state index is -5.06. The summed E-state index contributed by atoms with van der Waals surface area (Å²) in [7, 11) is -5.06. The number of hydrogen-bond acceptors (Lipinski definition) is 14. The van der Waals surface area contributed by atoms with E-state index in [9.17, 15) is 53.2 Å². The van der Waals surface area contributed by atoms with Crippen LogP contribution in [0.3, 0.4) is 0 Å². The van der Waals surface area contributed by atoms with Crippen molar-refractivity contribution in [1.29, 1.82) is 0 Å². The summed E-state index contributed by atoms with van der Waals surface area (Å²) >= 11 is 0. The van der Waals surface area contributed by atoms with Gasteiger partial charge in [-0.1, -0.05) is 53.6 Å². The fourth-order valence-electron chi connectivity index (χ4n) is 16.1. The van der Waals surface area contributed by atoms with Crippen molar-refractivity contribution in [2.24, 2.45) is 79.7 Å². The van der Waals surface area contributed by atoms with Crippen molar-refractivity contribution in [3.63, 3.8) is 0 Å². The van der Waals surface area contributed by atoms with E-state index in [0.717, 1.165) is 11.1 Å². The first kappa shape index (κ1) is 72.5. The van der Waals surface area contributed by atoms with Crippen molar-refractivity contribution in [2.75, 3.05) is 13.2 Å².